The number of hydrogen-bond acceptors (Lipinski definition) is 4. The van der Waals surface area contributed by atoms with E-state index in [0.29, 0.717) is 18.5 Å². The summed E-state index contributed by atoms with van der Waals surface area (Å²) < 4.78 is 5.10. The van der Waals surface area contributed by atoms with Crippen molar-refractivity contribution in [1.29, 1.82) is 0 Å². The van der Waals surface area contributed by atoms with Crippen molar-refractivity contribution in [2.24, 2.45) is 10.9 Å². The summed E-state index contributed by atoms with van der Waals surface area (Å²) >= 11 is 1.78. The molecule has 0 bridgehead atoms. The monoisotopic (exact) mass is 239 g/mol. The van der Waals surface area contributed by atoms with Crippen molar-refractivity contribution in [2.45, 2.75) is 33.4 Å². The first kappa shape index (κ1) is 11.5. The average Bonchev–Trinajstić information content (AvgIpc) is 2.83. The SMILES string of the molecule is Cc1cc(CN=C2NC(C(C)C)CS2)on1. The maximum atomic E-state index is 5.10. The van der Waals surface area contributed by atoms with Gasteiger partial charge in [-0.3, -0.25) is 4.99 Å². The number of amidine groups is 1. The second-order valence-electron chi connectivity index (χ2n) is 4.36. The summed E-state index contributed by atoms with van der Waals surface area (Å²) in [6, 6.07) is 2.46. The molecule has 2 heterocycles. The highest BCUT2D eigenvalue weighted by atomic mass is 32.2. The molecule has 0 aliphatic carbocycles. The molecule has 1 saturated heterocycles. The van der Waals surface area contributed by atoms with E-state index in [2.05, 4.69) is 29.3 Å². The van der Waals surface area contributed by atoms with E-state index in [1.54, 1.807) is 11.8 Å². The van der Waals surface area contributed by atoms with Crippen molar-refractivity contribution < 1.29 is 4.52 Å². The predicted octanol–water partition coefficient (Wildman–Crippen LogP) is 2.20. The lowest BCUT2D eigenvalue weighted by molar-refractivity contribution is 0.381. The van der Waals surface area contributed by atoms with Gasteiger partial charge in [0.2, 0.25) is 0 Å². The number of nitrogens with zero attached hydrogens (tertiary/aromatic N) is 2. The Morgan fingerprint density at radius 2 is 2.50 bits per heavy atom. The minimum absolute atomic E-state index is 0.542. The number of aliphatic imine (C=N–C) groups is 1. The number of nitrogens with one attached hydrogen (secondary N) is 1. The lowest BCUT2D eigenvalue weighted by Gasteiger charge is -2.12. The van der Waals surface area contributed by atoms with E-state index in [1.165, 1.54) is 0 Å². The molecule has 1 fully saturated rings. The van der Waals surface area contributed by atoms with E-state index in [4.69, 9.17) is 4.52 Å². The van der Waals surface area contributed by atoms with Crippen molar-refractivity contribution in [3.05, 3.63) is 17.5 Å². The van der Waals surface area contributed by atoms with Crippen LogP contribution < -0.4 is 5.32 Å². The van der Waals surface area contributed by atoms with Crippen molar-refractivity contribution in [2.75, 3.05) is 5.75 Å². The van der Waals surface area contributed by atoms with Gasteiger partial charge < -0.3 is 9.84 Å². The minimum atomic E-state index is 0.542. The summed E-state index contributed by atoms with van der Waals surface area (Å²) in [5.74, 6) is 2.57. The van der Waals surface area contributed by atoms with Gasteiger partial charge in [0.15, 0.2) is 10.9 Å². The Balaban J connectivity index is 1.90. The van der Waals surface area contributed by atoms with Crippen molar-refractivity contribution in [3.8, 4) is 0 Å². The largest absolute Gasteiger partial charge is 0.361 e. The molecule has 1 unspecified atom stereocenters. The maximum Gasteiger partial charge on any atom is 0.158 e. The molecule has 1 N–H and O–H groups in total. The Morgan fingerprint density at radius 3 is 3.06 bits per heavy atom. The second kappa shape index (κ2) is 4.91. The number of rotatable bonds is 3. The molecule has 5 heteroatoms. The zero-order valence-corrected chi connectivity index (χ0v) is 10.7. The molecule has 1 aliphatic heterocycles. The lowest BCUT2D eigenvalue weighted by atomic mass is 10.1. The fourth-order valence-corrected chi connectivity index (χ4v) is 2.70. The number of thioether (sulfide) groups is 1. The first-order chi connectivity index (χ1) is 7.65. The van der Waals surface area contributed by atoms with E-state index in [-0.39, 0.29) is 0 Å². The van der Waals surface area contributed by atoms with Crippen LogP contribution in [0.5, 0.6) is 0 Å². The van der Waals surface area contributed by atoms with Crippen LogP contribution in [-0.2, 0) is 6.54 Å². The number of aryl methyl sites for hydroxylation is 1. The third-order valence-corrected chi connectivity index (χ3v) is 3.61. The first-order valence-corrected chi connectivity index (χ1v) is 6.49. The fourth-order valence-electron chi connectivity index (χ4n) is 1.50. The highest BCUT2D eigenvalue weighted by Gasteiger charge is 2.22. The van der Waals surface area contributed by atoms with Gasteiger partial charge in [-0.25, -0.2) is 0 Å². The van der Waals surface area contributed by atoms with Gasteiger partial charge in [0.05, 0.1) is 5.69 Å². The van der Waals surface area contributed by atoms with Crippen molar-refractivity contribution in [3.63, 3.8) is 0 Å². The molecular weight excluding hydrogens is 222 g/mol. The van der Waals surface area contributed by atoms with Crippen molar-refractivity contribution >= 4 is 16.9 Å². The number of aromatic nitrogens is 1. The van der Waals surface area contributed by atoms with Crippen LogP contribution in [0, 0.1) is 12.8 Å². The van der Waals surface area contributed by atoms with Crippen LogP contribution in [0.3, 0.4) is 0 Å². The maximum absolute atomic E-state index is 5.10. The molecule has 0 amide bonds. The predicted molar refractivity (Wildman–Crippen MR) is 66.6 cm³/mol. The fraction of sp³-hybridized carbons (Fsp3) is 0.636. The molecule has 2 rings (SSSR count). The molecule has 0 aromatic carbocycles. The van der Waals surface area contributed by atoms with Gasteiger partial charge in [-0.2, -0.15) is 0 Å². The van der Waals surface area contributed by atoms with E-state index in [0.717, 1.165) is 22.4 Å². The molecule has 0 saturated carbocycles. The molecule has 16 heavy (non-hydrogen) atoms. The van der Waals surface area contributed by atoms with Gasteiger partial charge in [0.1, 0.15) is 6.54 Å². The summed E-state index contributed by atoms with van der Waals surface area (Å²) in [4.78, 5) is 4.47. The summed E-state index contributed by atoms with van der Waals surface area (Å²) in [7, 11) is 0. The Bertz CT molecular complexity index is 386. The summed E-state index contributed by atoms with van der Waals surface area (Å²) in [6.07, 6.45) is 0. The Labute approximate surface area is 99.9 Å². The Kier molecular flexibility index (Phi) is 3.53. The highest BCUT2D eigenvalue weighted by molar-refractivity contribution is 8.14. The third-order valence-electron chi connectivity index (χ3n) is 2.57. The molecule has 4 nitrogen and oxygen atoms in total. The van der Waals surface area contributed by atoms with Gasteiger partial charge >= 0.3 is 0 Å². The number of hydrogen-bond donors (Lipinski definition) is 1. The van der Waals surface area contributed by atoms with Gasteiger partial charge in [-0.15, -0.1) is 0 Å². The average molecular weight is 239 g/mol. The topological polar surface area (TPSA) is 50.4 Å². The van der Waals surface area contributed by atoms with Gasteiger partial charge in [0, 0.05) is 17.9 Å². The summed E-state index contributed by atoms with van der Waals surface area (Å²) in [5, 5.41) is 8.27. The smallest absolute Gasteiger partial charge is 0.158 e. The molecule has 0 spiro atoms. The van der Waals surface area contributed by atoms with E-state index in [1.807, 2.05) is 13.0 Å². The highest BCUT2D eigenvalue weighted by Crippen LogP contribution is 2.19. The van der Waals surface area contributed by atoms with E-state index >= 15 is 0 Å². The van der Waals surface area contributed by atoms with Crippen LogP contribution in [0.4, 0.5) is 0 Å². The molecule has 1 aliphatic rings. The van der Waals surface area contributed by atoms with Crippen molar-refractivity contribution in [1.82, 2.24) is 10.5 Å². The quantitative estimate of drug-likeness (QED) is 0.878. The van der Waals surface area contributed by atoms with Crippen LogP contribution in [0.25, 0.3) is 0 Å². The summed E-state index contributed by atoms with van der Waals surface area (Å²) in [6.45, 7) is 6.93. The second-order valence-corrected chi connectivity index (χ2v) is 5.37. The van der Waals surface area contributed by atoms with Crippen LogP contribution >= 0.6 is 11.8 Å². The molecular formula is C11H17N3OS. The van der Waals surface area contributed by atoms with Crippen LogP contribution in [0.15, 0.2) is 15.6 Å². The minimum Gasteiger partial charge on any atom is -0.361 e. The van der Waals surface area contributed by atoms with Gasteiger partial charge in [0.25, 0.3) is 0 Å². The molecule has 1 aromatic rings. The third kappa shape index (κ3) is 2.78. The Morgan fingerprint density at radius 1 is 1.69 bits per heavy atom. The molecule has 0 radical (unpaired) electrons. The normalized spacial score (nSPS) is 23.0. The van der Waals surface area contributed by atoms with E-state index in [9.17, 15) is 0 Å². The molecule has 1 aromatic heterocycles. The van der Waals surface area contributed by atoms with Crippen LogP contribution in [0.2, 0.25) is 0 Å². The van der Waals surface area contributed by atoms with Crippen LogP contribution in [-0.4, -0.2) is 22.1 Å². The summed E-state index contributed by atoms with van der Waals surface area (Å²) in [5.41, 5.74) is 0.905. The Hall–Kier alpha value is -0.970. The van der Waals surface area contributed by atoms with E-state index < -0.39 is 0 Å². The lowest BCUT2D eigenvalue weighted by Crippen LogP contribution is -2.31. The molecule has 88 valence electrons. The van der Waals surface area contributed by atoms with Gasteiger partial charge in [-0.1, -0.05) is 30.8 Å². The standard InChI is InChI=1S/C11H17N3OS/c1-7(2)10-6-16-11(13-10)12-5-9-4-8(3)14-15-9/h4,7,10H,5-6H2,1-3H3,(H,12,13). The first-order valence-electron chi connectivity index (χ1n) is 5.51. The zero-order valence-electron chi connectivity index (χ0n) is 9.86. The van der Waals surface area contributed by atoms with Gasteiger partial charge in [-0.05, 0) is 12.8 Å². The zero-order chi connectivity index (χ0) is 11.5. The molecule has 1 atom stereocenters. The van der Waals surface area contributed by atoms with Crippen LogP contribution in [0.1, 0.15) is 25.3 Å².